The lowest BCUT2D eigenvalue weighted by molar-refractivity contribution is -0.136. The fraction of sp³-hybridized carbons (Fsp3) is 0.519. The molecule has 0 bridgehead atoms. The van der Waals surface area contributed by atoms with Crippen LogP contribution >= 0.6 is 0 Å². The lowest BCUT2D eigenvalue weighted by Crippen LogP contribution is -2.62. The molecule has 4 heterocycles. The van der Waals surface area contributed by atoms with Crippen molar-refractivity contribution in [1.29, 1.82) is 0 Å². The maximum Gasteiger partial charge on any atom is 0.236 e. The van der Waals surface area contributed by atoms with Gasteiger partial charge in [-0.3, -0.25) is 19.5 Å². The number of benzene rings is 1. The van der Waals surface area contributed by atoms with Crippen molar-refractivity contribution in [2.45, 2.75) is 18.9 Å². The third kappa shape index (κ3) is 5.47. The van der Waals surface area contributed by atoms with Crippen LogP contribution in [0.5, 0.6) is 5.75 Å². The summed E-state index contributed by atoms with van der Waals surface area (Å²) in [5.74, 6) is 0.816. The van der Waals surface area contributed by atoms with Gasteiger partial charge in [0.05, 0.1) is 38.8 Å². The lowest BCUT2D eigenvalue weighted by Gasteiger charge is -2.49. The number of rotatable bonds is 7. The molecule has 1 N–H and O–H groups in total. The van der Waals surface area contributed by atoms with E-state index in [2.05, 4.69) is 32.2 Å². The highest BCUT2D eigenvalue weighted by atomic mass is 16.5. The summed E-state index contributed by atoms with van der Waals surface area (Å²) < 4.78 is 10.9. The van der Waals surface area contributed by atoms with Crippen LogP contribution in [0.4, 0.5) is 5.69 Å². The molecule has 1 aromatic heterocycles. The number of amides is 2. The smallest absolute Gasteiger partial charge is 0.236 e. The summed E-state index contributed by atoms with van der Waals surface area (Å²) >= 11 is 0. The summed E-state index contributed by atoms with van der Waals surface area (Å²) in [6, 6.07) is 11.9. The van der Waals surface area contributed by atoms with Crippen molar-refractivity contribution in [1.82, 2.24) is 20.1 Å². The molecule has 2 fully saturated rings. The number of nitrogens with one attached hydrogen (secondary N) is 1. The molecule has 3 aliphatic heterocycles. The molecule has 2 amide bonds. The van der Waals surface area contributed by atoms with Crippen molar-refractivity contribution in [3.8, 4) is 5.75 Å². The van der Waals surface area contributed by atoms with E-state index in [0.29, 0.717) is 58.8 Å². The molecule has 0 saturated carbocycles. The molecule has 9 nitrogen and oxygen atoms in total. The van der Waals surface area contributed by atoms with Gasteiger partial charge < -0.3 is 24.6 Å². The van der Waals surface area contributed by atoms with Crippen LogP contribution in [0.15, 0.2) is 42.6 Å². The Morgan fingerprint density at radius 2 is 2.00 bits per heavy atom. The van der Waals surface area contributed by atoms with E-state index in [-0.39, 0.29) is 23.8 Å². The maximum atomic E-state index is 13.5. The lowest BCUT2D eigenvalue weighted by atomic mass is 9.83. The van der Waals surface area contributed by atoms with E-state index in [4.69, 9.17) is 9.47 Å². The predicted molar refractivity (Wildman–Crippen MR) is 136 cm³/mol. The van der Waals surface area contributed by atoms with E-state index < -0.39 is 0 Å². The first-order chi connectivity index (χ1) is 17.6. The van der Waals surface area contributed by atoms with E-state index in [1.807, 2.05) is 29.2 Å². The van der Waals surface area contributed by atoms with Gasteiger partial charge in [0.1, 0.15) is 5.75 Å². The topological polar surface area (TPSA) is 87.2 Å². The SMILES string of the molecule is COc1ccc2c(c1)N1CCN(CC(=O)N3CCOCC3)C[C@H]1[C@@H](C(=O)NCCc1ccccn1)C2. The largest absolute Gasteiger partial charge is 0.497 e. The van der Waals surface area contributed by atoms with Gasteiger partial charge in [0.2, 0.25) is 11.8 Å². The Morgan fingerprint density at radius 1 is 1.14 bits per heavy atom. The Labute approximate surface area is 212 Å². The number of piperazine rings is 1. The summed E-state index contributed by atoms with van der Waals surface area (Å²) in [6.07, 6.45) is 3.14. The van der Waals surface area contributed by atoms with Gasteiger partial charge in [0.25, 0.3) is 0 Å². The number of nitrogens with zero attached hydrogens (tertiary/aromatic N) is 4. The molecule has 192 valence electrons. The van der Waals surface area contributed by atoms with Gasteiger partial charge in [0.15, 0.2) is 0 Å². The quantitative estimate of drug-likeness (QED) is 0.615. The van der Waals surface area contributed by atoms with Gasteiger partial charge in [-0.25, -0.2) is 0 Å². The van der Waals surface area contributed by atoms with Crippen LogP contribution in [0.2, 0.25) is 0 Å². The van der Waals surface area contributed by atoms with Crippen molar-refractivity contribution in [3.63, 3.8) is 0 Å². The molecule has 9 heteroatoms. The third-order valence-corrected chi connectivity index (χ3v) is 7.47. The van der Waals surface area contributed by atoms with Crippen molar-refractivity contribution >= 4 is 17.5 Å². The molecule has 0 radical (unpaired) electrons. The van der Waals surface area contributed by atoms with Crippen LogP contribution in [-0.4, -0.2) is 98.8 Å². The number of hydrogen-bond acceptors (Lipinski definition) is 7. The summed E-state index contributed by atoms with van der Waals surface area (Å²) in [5, 5.41) is 3.16. The molecule has 0 spiro atoms. The minimum absolute atomic E-state index is 0.00862. The summed E-state index contributed by atoms with van der Waals surface area (Å²) in [4.78, 5) is 37.2. The minimum Gasteiger partial charge on any atom is -0.497 e. The number of carbonyl (C=O) groups excluding carboxylic acids is 2. The van der Waals surface area contributed by atoms with E-state index in [0.717, 1.165) is 35.8 Å². The Bertz CT molecular complexity index is 1060. The van der Waals surface area contributed by atoms with Crippen LogP contribution in [0.3, 0.4) is 0 Å². The molecule has 0 unspecified atom stereocenters. The van der Waals surface area contributed by atoms with Crippen molar-refractivity contribution in [3.05, 3.63) is 53.9 Å². The highest BCUT2D eigenvalue weighted by molar-refractivity contribution is 5.82. The zero-order chi connectivity index (χ0) is 24.9. The first kappa shape index (κ1) is 24.5. The fourth-order valence-electron chi connectivity index (χ4n) is 5.50. The summed E-state index contributed by atoms with van der Waals surface area (Å²) in [6.45, 7) is 5.63. The zero-order valence-corrected chi connectivity index (χ0v) is 20.9. The Balaban J connectivity index is 1.29. The number of pyridine rings is 1. The number of aromatic nitrogens is 1. The minimum atomic E-state index is -0.198. The maximum absolute atomic E-state index is 13.5. The number of anilines is 1. The van der Waals surface area contributed by atoms with Gasteiger partial charge >= 0.3 is 0 Å². The van der Waals surface area contributed by atoms with Gasteiger partial charge in [-0.05, 0) is 30.2 Å². The highest BCUT2D eigenvalue weighted by Crippen LogP contribution is 2.38. The van der Waals surface area contributed by atoms with E-state index >= 15 is 0 Å². The molecular formula is C27H35N5O4. The van der Waals surface area contributed by atoms with Crippen molar-refractivity contribution < 1.29 is 19.1 Å². The van der Waals surface area contributed by atoms with E-state index in [9.17, 15) is 9.59 Å². The Morgan fingerprint density at radius 3 is 2.78 bits per heavy atom. The molecule has 2 atom stereocenters. The van der Waals surface area contributed by atoms with Crippen LogP contribution in [0.25, 0.3) is 0 Å². The average Bonchev–Trinajstić information content (AvgIpc) is 2.93. The number of carbonyl (C=O) groups is 2. The average molecular weight is 494 g/mol. The molecule has 0 aliphatic carbocycles. The van der Waals surface area contributed by atoms with E-state index in [1.165, 1.54) is 0 Å². The van der Waals surface area contributed by atoms with Crippen LogP contribution in [0.1, 0.15) is 11.3 Å². The number of ether oxygens (including phenoxy) is 2. The number of fused-ring (bicyclic) bond motifs is 3. The standard InChI is InChI=1S/C27H35N5O4/c1-35-22-6-5-20-16-23(27(34)29-9-7-21-4-2-3-8-28-21)25-18-30(10-11-32(25)24(20)17-22)19-26(33)31-12-14-36-15-13-31/h2-6,8,17,23,25H,7,9-16,18-19H2,1H3,(H,29,34)/t23-,25-/m0/s1. The third-order valence-electron chi connectivity index (χ3n) is 7.47. The zero-order valence-electron chi connectivity index (χ0n) is 20.9. The van der Waals surface area contributed by atoms with Gasteiger partial charge in [-0.15, -0.1) is 0 Å². The van der Waals surface area contributed by atoms with Gasteiger partial charge in [-0.1, -0.05) is 12.1 Å². The first-order valence-corrected chi connectivity index (χ1v) is 12.8. The Hall–Kier alpha value is -3.17. The molecular weight excluding hydrogens is 458 g/mol. The number of methoxy groups -OCH3 is 1. The molecule has 2 aromatic rings. The second kappa shape index (κ2) is 11.3. The van der Waals surface area contributed by atoms with Crippen molar-refractivity contribution in [2.75, 3.05) is 71.0 Å². The first-order valence-electron chi connectivity index (χ1n) is 12.8. The van der Waals surface area contributed by atoms with Crippen LogP contribution in [-0.2, 0) is 27.2 Å². The van der Waals surface area contributed by atoms with Crippen molar-refractivity contribution in [2.24, 2.45) is 5.92 Å². The predicted octanol–water partition coefficient (Wildman–Crippen LogP) is 0.971. The molecule has 2 saturated heterocycles. The monoisotopic (exact) mass is 493 g/mol. The second-order valence-electron chi connectivity index (χ2n) is 9.66. The second-order valence-corrected chi connectivity index (χ2v) is 9.66. The van der Waals surface area contributed by atoms with E-state index in [1.54, 1.807) is 13.3 Å². The number of hydrogen-bond donors (Lipinski definition) is 1. The van der Waals surface area contributed by atoms with Crippen LogP contribution < -0.4 is 15.0 Å². The van der Waals surface area contributed by atoms with Gasteiger partial charge in [0, 0.05) is 69.3 Å². The van der Waals surface area contributed by atoms with Gasteiger partial charge in [-0.2, -0.15) is 0 Å². The molecule has 36 heavy (non-hydrogen) atoms. The normalized spacial score (nSPS) is 21.9. The highest BCUT2D eigenvalue weighted by Gasteiger charge is 2.42. The number of morpholine rings is 1. The molecule has 1 aromatic carbocycles. The summed E-state index contributed by atoms with van der Waals surface area (Å²) in [5.41, 5.74) is 3.26. The Kier molecular flexibility index (Phi) is 7.67. The molecule has 5 rings (SSSR count). The van der Waals surface area contributed by atoms with Crippen LogP contribution in [0, 0.1) is 5.92 Å². The molecule has 3 aliphatic rings. The fourth-order valence-corrected chi connectivity index (χ4v) is 5.50. The summed E-state index contributed by atoms with van der Waals surface area (Å²) in [7, 11) is 1.68.